The van der Waals surface area contributed by atoms with Gasteiger partial charge in [0.2, 0.25) is 0 Å². The van der Waals surface area contributed by atoms with Crippen LogP contribution in [0, 0.1) is 0 Å². The number of amides is 1. The summed E-state index contributed by atoms with van der Waals surface area (Å²) in [6, 6.07) is 16.5. The number of nitrogens with zero attached hydrogens (tertiary/aromatic N) is 1. The highest BCUT2D eigenvalue weighted by molar-refractivity contribution is 6.07. The Balaban J connectivity index is 2.30. The van der Waals surface area contributed by atoms with E-state index in [1.54, 1.807) is 30.1 Å². The molecule has 0 aromatic heterocycles. The van der Waals surface area contributed by atoms with Crippen LogP contribution in [0.25, 0.3) is 0 Å². The molecule has 2 aromatic rings. The van der Waals surface area contributed by atoms with Crippen molar-refractivity contribution in [3.8, 4) is 0 Å². The van der Waals surface area contributed by atoms with Crippen LogP contribution in [0.15, 0.2) is 54.6 Å². The third-order valence-corrected chi connectivity index (χ3v) is 2.62. The highest BCUT2D eigenvalue weighted by atomic mass is 16.2. The third kappa shape index (κ3) is 2.28. The number of carbonyl (C=O) groups is 1. The molecule has 0 bridgehead atoms. The summed E-state index contributed by atoms with van der Waals surface area (Å²) < 4.78 is 0. The summed E-state index contributed by atoms with van der Waals surface area (Å²) in [6.45, 7) is 0. The van der Waals surface area contributed by atoms with Crippen LogP contribution in [0.5, 0.6) is 0 Å². The largest absolute Gasteiger partial charge is 0.397 e. The second-order valence-corrected chi connectivity index (χ2v) is 3.79. The van der Waals surface area contributed by atoms with Gasteiger partial charge in [-0.15, -0.1) is 0 Å². The topological polar surface area (TPSA) is 46.3 Å². The molecule has 1 amide bonds. The molecule has 17 heavy (non-hydrogen) atoms. The second kappa shape index (κ2) is 4.70. The Labute approximate surface area is 100 Å². The number of para-hydroxylation sites is 2. The Bertz CT molecular complexity index is 523. The molecule has 0 fully saturated rings. The summed E-state index contributed by atoms with van der Waals surface area (Å²) in [5.74, 6) is -0.0662. The molecule has 0 heterocycles. The van der Waals surface area contributed by atoms with Crippen LogP contribution in [-0.2, 0) is 0 Å². The first-order chi connectivity index (χ1) is 8.20. The molecule has 0 aliphatic rings. The Morgan fingerprint density at radius 1 is 1.00 bits per heavy atom. The fourth-order valence-corrected chi connectivity index (χ4v) is 1.68. The van der Waals surface area contributed by atoms with Gasteiger partial charge in [0, 0.05) is 12.6 Å². The first kappa shape index (κ1) is 11.2. The summed E-state index contributed by atoms with van der Waals surface area (Å²) in [6.07, 6.45) is 0. The van der Waals surface area contributed by atoms with Gasteiger partial charge in [0.15, 0.2) is 0 Å². The molecular weight excluding hydrogens is 212 g/mol. The normalized spacial score (nSPS) is 9.94. The molecule has 2 aromatic carbocycles. The number of nitrogens with two attached hydrogens (primary N) is 1. The molecule has 0 unspecified atom stereocenters. The van der Waals surface area contributed by atoms with Crippen molar-refractivity contribution < 1.29 is 4.79 Å². The van der Waals surface area contributed by atoms with E-state index in [1.165, 1.54) is 0 Å². The zero-order chi connectivity index (χ0) is 12.3. The average molecular weight is 226 g/mol. The van der Waals surface area contributed by atoms with E-state index in [1.807, 2.05) is 36.4 Å². The monoisotopic (exact) mass is 226 g/mol. The molecule has 0 aliphatic heterocycles. The standard InChI is InChI=1S/C14H14N2O/c1-16(13-10-6-5-9-12(13)15)14(17)11-7-3-2-4-8-11/h2-10H,15H2,1H3. The van der Waals surface area contributed by atoms with Gasteiger partial charge in [-0.25, -0.2) is 0 Å². The van der Waals surface area contributed by atoms with Crippen molar-refractivity contribution in [3.05, 3.63) is 60.2 Å². The number of benzene rings is 2. The fraction of sp³-hybridized carbons (Fsp3) is 0.0714. The third-order valence-electron chi connectivity index (χ3n) is 2.62. The first-order valence-electron chi connectivity index (χ1n) is 5.38. The SMILES string of the molecule is CN(C(=O)c1ccccc1)c1ccccc1N. The molecule has 0 radical (unpaired) electrons. The summed E-state index contributed by atoms with van der Waals surface area (Å²) in [7, 11) is 1.72. The maximum absolute atomic E-state index is 12.2. The number of hydrogen-bond acceptors (Lipinski definition) is 2. The minimum Gasteiger partial charge on any atom is -0.397 e. The van der Waals surface area contributed by atoms with E-state index in [0.29, 0.717) is 11.3 Å². The molecule has 2 rings (SSSR count). The van der Waals surface area contributed by atoms with E-state index < -0.39 is 0 Å². The van der Waals surface area contributed by atoms with Gasteiger partial charge in [0.1, 0.15) is 0 Å². The summed E-state index contributed by atoms with van der Waals surface area (Å²) in [5, 5.41) is 0. The summed E-state index contributed by atoms with van der Waals surface area (Å²) in [4.78, 5) is 13.7. The zero-order valence-corrected chi connectivity index (χ0v) is 9.63. The highest BCUT2D eigenvalue weighted by Crippen LogP contribution is 2.22. The van der Waals surface area contributed by atoms with Crippen molar-refractivity contribution in [2.24, 2.45) is 0 Å². The maximum Gasteiger partial charge on any atom is 0.258 e. The summed E-state index contributed by atoms with van der Waals surface area (Å²) in [5.41, 5.74) is 7.81. The molecule has 0 saturated carbocycles. The van der Waals surface area contributed by atoms with E-state index >= 15 is 0 Å². The molecular formula is C14H14N2O. The van der Waals surface area contributed by atoms with Crippen LogP contribution in [0.4, 0.5) is 11.4 Å². The lowest BCUT2D eigenvalue weighted by Gasteiger charge is -2.19. The van der Waals surface area contributed by atoms with E-state index in [0.717, 1.165) is 5.69 Å². The van der Waals surface area contributed by atoms with Gasteiger partial charge in [0.25, 0.3) is 5.91 Å². The number of rotatable bonds is 2. The van der Waals surface area contributed by atoms with Crippen molar-refractivity contribution in [2.45, 2.75) is 0 Å². The van der Waals surface area contributed by atoms with Crippen LogP contribution in [-0.4, -0.2) is 13.0 Å². The molecule has 86 valence electrons. The quantitative estimate of drug-likeness (QED) is 0.800. The van der Waals surface area contributed by atoms with E-state index in [-0.39, 0.29) is 5.91 Å². The smallest absolute Gasteiger partial charge is 0.258 e. The number of anilines is 2. The van der Waals surface area contributed by atoms with Crippen molar-refractivity contribution in [3.63, 3.8) is 0 Å². The van der Waals surface area contributed by atoms with Gasteiger partial charge < -0.3 is 10.6 Å². The van der Waals surface area contributed by atoms with Crippen LogP contribution < -0.4 is 10.6 Å². The van der Waals surface area contributed by atoms with Crippen molar-refractivity contribution in [2.75, 3.05) is 17.7 Å². The number of carbonyl (C=O) groups excluding carboxylic acids is 1. The van der Waals surface area contributed by atoms with E-state index in [9.17, 15) is 4.79 Å². The summed E-state index contributed by atoms with van der Waals surface area (Å²) >= 11 is 0. The lowest BCUT2D eigenvalue weighted by molar-refractivity contribution is 0.0993. The van der Waals surface area contributed by atoms with E-state index in [4.69, 9.17) is 5.73 Å². The van der Waals surface area contributed by atoms with Crippen LogP contribution in [0.2, 0.25) is 0 Å². The van der Waals surface area contributed by atoms with Gasteiger partial charge in [-0.2, -0.15) is 0 Å². The maximum atomic E-state index is 12.2. The molecule has 0 aliphatic carbocycles. The molecule has 0 saturated heterocycles. The number of nitrogen functional groups attached to an aromatic ring is 1. The minimum atomic E-state index is -0.0662. The minimum absolute atomic E-state index is 0.0662. The number of hydrogen-bond donors (Lipinski definition) is 1. The highest BCUT2D eigenvalue weighted by Gasteiger charge is 2.14. The van der Waals surface area contributed by atoms with Crippen molar-refractivity contribution in [1.82, 2.24) is 0 Å². The second-order valence-electron chi connectivity index (χ2n) is 3.79. The van der Waals surface area contributed by atoms with Gasteiger partial charge in [-0.3, -0.25) is 4.79 Å². The van der Waals surface area contributed by atoms with Crippen LogP contribution in [0.1, 0.15) is 10.4 Å². The van der Waals surface area contributed by atoms with Gasteiger partial charge in [0.05, 0.1) is 11.4 Å². The van der Waals surface area contributed by atoms with Crippen molar-refractivity contribution >= 4 is 17.3 Å². The Hall–Kier alpha value is -2.29. The van der Waals surface area contributed by atoms with Gasteiger partial charge in [-0.05, 0) is 24.3 Å². The molecule has 3 nitrogen and oxygen atoms in total. The Kier molecular flexibility index (Phi) is 3.10. The Morgan fingerprint density at radius 3 is 2.24 bits per heavy atom. The lowest BCUT2D eigenvalue weighted by Crippen LogP contribution is -2.26. The Morgan fingerprint density at radius 2 is 1.59 bits per heavy atom. The molecule has 0 spiro atoms. The molecule has 0 atom stereocenters. The lowest BCUT2D eigenvalue weighted by atomic mass is 10.2. The predicted octanol–water partition coefficient (Wildman–Crippen LogP) is 2.55. The van der Waals surface area contributed by atoms with Gasteiger partial charge >= 0.3 is 0 Å². The predicted molar refractivity (Wildman–Crippen MR) is 70.0 cm³/mol. The van der Waals surface area contributed by atoms with Gasteiger partial charge in [-0.1, -0.05) is 30.3 Å². The van der Waals surface area contributed by atoms with E-state index in [2.05, 4.69) is 0 Å². The zero-order valence-electron chi connectivity index (χ0n) is 9.63. The van der Waals surface area contributed by atoms with Crippen molar-refractivity contribution in [1.29, 1.82) is 0 Å². The van der Waals surface area contributed by atoms with Crippen LogP contribution >= 0.6 is 0 Å². The average Bonchev–Trinajstić information content (AvgIpc) is 2.39. The fourth-order valence-electron chi connectivity index (χ4n) is 1.68. The van der Waals surface area contributed by atoms with Crippen LogP contribution in [0.3, 0.4) is 0 Å². The molecule has 3 heteroatoms. The molecule has 2 N–H and O–H groups in total. The first-order valence-corrected chi connectivity index (χ1v) is 5.38.